The van der Waals surface area contributed by atoms with E-state index in [0.717, 1.165) is 6.42 Å². The molecule has 0 saturated heterocycles. The van der Waals surface area contributed by atoms with Gasteiger partial charge >= 0.3 is 5.97 Å². The van der Waals surface area contributed by atoms with Gasteiger partial charge in [-0.2, -0.15) is 0 Å². The molecule has 0 radical (unpaired) electrons. The fraction of sp³-hybridized carbons (Fsp3) is 0.900. The number of hydrogen-bond donors (Lipinski definition) is 1. The second-order valence-electron chi connectivity index (χ2n) is 3.77. The van der Waals surface area contributed by atoms with Crippen molar-refractivity contribution >= 4 is 5.97 Å². The third-order valence-electron chi connectivity index (χ3n) is 1.58. The maximum absolute atomic E-state index is 11.4. The third-order valence-corrected chi connectivity index (χ3v) is 1.58. The largest absolute Gasteiger partial charge is 0.462 e. The molecular formula is C10H21NO2. The van der Waals surface area contributed by atoms with Crippen molar-refractivity contribution < 1.29 is 9.53 Å². The van der Waals surface area contributed by atoms with Gasteiger partial charge in [-0.1, -0.05) is 20.8 Å². The highest BCUT2D eigenvalue weighted by molar-refractivity contribution is 5.75. The maximum atomic E-state index is 11.4. The van der Waals surface area contributed by atoms with Crippen LogP contribution in [0.1, 0.15) is 41.0 Å². The van der Waals surface area contributed by atoms with Crippen LogP contribution in [0, 0.1) is 0 Å². The van der Waals surface area contributed by atoms with Gasteiger partial charge in [-0.15, -0.1) is 0 Å². The van der Waals surface area contributed by atoms with E-state index in [2.05, 4.69) is 5.32 Å². The Balaban J connectivity index is 3.99. The molecule has 1 unspecified atom stereocenters. The highest BCUT2D eigenvalue weighted by Gasteiger charge is 2.19. The van der Waals surface area contributed by atoms with E-state index in [4.69, 9.17) is 4.74 Å². The maximum Gasteiger partial charge on any atom is 0.323 e. The third kappa shape index (κ3) is 5.64. The fourth-order valence-electron chi connectivity index (χ4n) is 1.07. The van der Waals surface area contributed by atoms with Crippen LogP contribution in [0.3, 0.4) is 0 Å². The lowest BCUT2D eigenvalue weighted by atomic mass is 10.2. The molecule has 0 saturated carbocycles. The van der Waals surface area contributed by atoms with Crippen LogP contribution in [-0.2, 0) is 9.53 Å². The van der Waals surface area contributed by atoms with Crippen molar-refractivity contribution in [1.29, 1.82) is 0 Å². The summed E-state index contributed by atoms with van der Waals surface area (Å²) in [5.74, 6) is -0.147. The summed E-state index contributed by atoms with van der Waals surface area (Å²) in [6.07, 6.45) is 0.736. The Hall–Kier alpha value is -0.570. The minimum Gasteiger partial charge on any atom is -0.462 e. The zero-order valence-corrected chi connectivity index (χ0v) is 9.26. The number of esters is 1. The van der Waals surface area contributed by atoms with Crippen LogP contribution in [0.25, 0.3) is 0 Å². The standard InChI is InChI=1S/C10H21NO2/c1-6-9(11-7(2)3)10(12)13-8(4)5/h7-9,11H,6H2,1-5H3. The van der Waals surface area contributed by atoms with Crippen molar-refractivity contribution in [1.82, 2.24) is 5.32 Å². The van der Waals surface area contributed by atoms with Crippen LogP contribution < -0.4 is 5.32 Å². The molecule has 1 atom stereocenters. The topological polar surface area (TPSA) is 38.3 Å². The Kier molecular flexibility index (Phi) is 5.71. The number of rotatable bonds is 5. The van der Waals surface area contributed by atoms with Crippen molar-refractivity contribution in [3.05, 3.63) is 0 Å². The van der Waals surface area contributed by atoms with Crippen molar-refractivity contribution in [2.45, 2.75) is 59.2 Å². The lowest BCUT2D eigenvalue weighted by molar-refractivity contribution is -0.150. The van der Waals surface area contributed by atoms with Gasteiger partial charge in [-0.05, 0) is 20.3 Å². The van der Waals surface area contributed by atoms with Crippen LogP contribution in [-0.4, -0.2) is 24.2 Å². The summed E-state index contributed by atoms with van der Waals surface area (Å²) < 4.78 is 5.10. The van der Waals surface area contributed by atoms with Crippen LogP contribution in [0.2, 0.25) is 0 Å². The van der Waals surface area contributed by atoms with Gasteiger partial charge < -0.3 is 10.1 Å². The first-order valence-corrected chi connectivity index (χ1v) is 4.93. The molecule has 3 nitrogen and oxygen atoms in total. The summed E-state index contributed by atoms with van der Waals surface area (Å²) in [6.45, 7) is 9.73. The van der Waals surface area contributed by atoms with Crippen LogP contribution >= 0.6 is 0 Å². The van der Waals surface area contributed by atoms with E-state index in [9.17, 15) is 4.79 Å². The summed E-state index contributed by atoms with van der Waals surface area (Å²) in [6, 6.07) is 0.145. The Morgan fingerprint density at radius 1 is 1.31 bits per heavy atom. The van der Waals surface area contributed by atoms with Crippen molar-refractivity contribution in [2.24, 2.45) is 0 Å². The molecule has 0 fully saturated rings. The van der Waals surface area contributed by atoms with Crippen molar-refractivity contribution in [3.63, 3.8) is 0 Å². The number of hydrogen-bond acceptors (Lipinski definition) is 3. The first kappa shape index (κ1) is 12.4. The molecule has 13 heavy (non-hydrogen) atoms. The van der Waals surface area contributed by atoms with Gasteiger partial charge in [0, 0.05) is 6.04 Å². The molecule has 0 rings (SSSR count). The number of nitrogens with one attached hydrogen (secondary N) is 1. The number of carbonyl (C=O) groups is 1. The van der Waals surface area contributed by atoms with Gasteiger partial charge in [0.05, 0.1) is 6.10 Å². The van der Waals surface area contributed by atoms with Gasteiger partial charge in [-0.3, -0.25) is 4.79 Å². The quantitative estimate of drug-likeness (QED) is 0.666. The molecule has 0 amide bonds. The van der Waals surface area contributed by atoms with Gasteiger partial charge in [0.1, 0.15) is 6.04 Å². The molecule has 3 heteroatoms. The lowest BCUT2D eigenvalue weighted by Crippen LogP contribution is -2.42. The zero-order chi connectivity index (χ0) is 10.4. The minimum atomic E-state index is -0.164. The van der Waals surface area contributed by atoms with Gasteiger partial charge in [-0.25, -0.2) is 0 Å². The molecule has 0 aromatic heterocycles. The van der Waals surface area contributed by atoms with Gasteiger partial charge in [0.15, 0.2) is 0 Å². The van der Waals surface area contributed by atoms with E-state index >= 15 is 0 Å². The normalized spacial score (nSPS) is 13.5. The average molecular weight is 187 g/mol. The van der Waals surface area contributed by atoms with Crippen LogP contribution in [0.4, 0.5) is 0 Å². The molecule has 0 heterocycles. The summed E-state index contributed by atoms with van der Waals surface area (Å²) in [5, 5.41) is 3.16. The highest BCUT2D eigenvalue weighted by atomic mass is 16.5. The monoisotopic (exact) mass is 187 g/mol. The number of ether oxygens (including phenoxy) is 1. The molecule has 0 bridgehead atoms. The summed E-state index contributed by atoms with van der Waals surface area (Å²) in [5.41, 5.74) is 0. The molecular weight excluding hydrogens is 166 g/mol. The van der Waals surface area contributed by atoms with E-state index in [0.29, 0.717) is 6.04 Å². The molecule has 0 aromatic carbocycles. The smallest absolute Gasteiger partial charge is 0.323 e. The van der Waals surface area contributed by atoms with E-state index in [1.165, 1.54) is 0 Å². The van der Waals surface area contributed by atoms with E-state index in [1.54, 1.807) is 0 Å². The van der Waals surface area contributed by atoms with Gasteiger partial charge in [0.25, 0.3) is 0 Å². The second kappa shape index (κ2) is 5.97. The molecule has 0 aliphatic rings. The highest BCUT2D eigenvalue weighted by Crippen LogP contribution is 1.99. The lowest BCUT2D eigenvalue weighted by Gasteiger charge is -2.19. The van der Waals surface area contributed by atoms with Crippen molar-refractivity contribution in [3.8, 4) is 0 Å². The first-order chi connectivity index (χ1) is 5.97. The summed E-state index contributed by atoms with van der Waals surface area (Å²) in [4.78, 5) is 11.4. The Labute approximate surface area is 80.8 Å². The van der Waals surface area contributed by atoms with E-state index < -0.39 is 0 Å². The van der Waals surface area contributed by atoms with E-state index in [-0.39, 0.29) is 18.1 Å². The Morgan fingerprint density at radius 2 is 1.85 bits per heavy atom. The molecule has 0 aliphatic carbocycles. The SMILES string of the molecule is CCC(NC(C)C)C(=O)OC(C)C. The van der Waals surface area contributed by atoms with Crippen LogP contribution in [0.15, 0.2) is 0 Å². The Bertz CT molecular complexity index is 155. The minimum absolute atomic E-state index is 0.0319. The van der Waals surface area contributed by atoms with Gasteiger partial charge in [0.2, 0.25) is 0 Å². The molecule has 0 aromatic rings. The van der Waals surface area contributed by atoms with E-state index in [1.807, 2.05) is 34.6 Å². The summed E-state index contributed by atoms with van der Waals surface area (Å²) >= 11 is 0. The van der Waals surface area contributed by atoms with Crippen LogP contribution in [0.5, 0.6) is 0 Å². The first-order valence-electron chi connectivity index (χ1n) is 4.93. The average Bonchev–Trinajstić information content (AvgIpc) is 1.98. The molecule has 1 N–H and O–H groups in total. The second-order valence-corrected chi connectivity index (χ2v) is 3.77. The molecule has 0 spiro atoms. The number of carbonyl (C=O) groups excluding carboxylic acids is 1. The predicted molar refractivity (Wildman–Crippen MR) is 53.6 cm³/mol. The Morgan fingerprint density at radius 3 is 2.15 bits per heavy atom. The predicted octanol–water partition coefficient (Wildman–Crippen LogP) is 1.71. The molecule has 0 aliphatic heterocycles. The summed E-state index contributed by atoms with van der Waals surface area (Å²) in [7, 11) is 0. The zero-order valence-electron chi connectivity index (χ0n) is 9.26. The molecule has 78 valence electrons. The fourth-order valence-corrected chi connectivity index (χ4v) is 1.07. The van der Waals surface area contributed by atoms with Crippen molar-refractivity contribution in [2.75, 3.05) is 0 Å².